The number of anilines is 1. The molecule has 0 atom stereocenters. The fourth-order valence-corrected chi connectivity index (χ4v) is 2.40. The number of non-ortho nitro benzene ring substituents is 1. The van der Waals surface area contributed by atoms with E-state index in [4.69, 9.17) is 4.74 Å². The fourth-order valence-electron chi connectivity index (χ4n) is 2.40. The summed E-state index contributed by atoms with van der Waals surface area (Å²) in [4.78, 5) is 20.3. The van der Waals surface area contributed by atoms with E-state index in [1.807, 2.05) is 0 Å². The molecular weight excluding hydrogens is 278 g/mol. The molecular formula is C13H17N3O5. The second kappa shape index (κ2) is 6.98. The van der Waals surface area contributed by atoms with Crippen LogP contribution in [0.2, 0.25) is 0 Å². The molecule has 0 bridgehead atoms. The molecule has 21 heavy (non-hydrogen) atoms. The molecule has 114 valence electrons. The van der Waals surface area contributed by atoms with E-state index in [-0.39, 0.29) is 17.1 Å². The normalized spacial score (nSPS) is 15.0. The van der Waals surface area contributed by atoms with E-state index in [9.17, 15) is 20.2 Å². The number of hydrogen-bond acceptors (Lipinski definition) is 6. The molecule has 8 nitrogen and oxygen atoms in total. The van der Waals surface area contributed by atoms with Gasteiger partial charge in [-0.1, -0.05) is 12.8 Å². The van der Waals surface area contributed by atoms with Crippen molar-refractivity contribution in [3.05, 3.63) is 38.4 Å². The van der Waals surface area contributed by atoms with Crippen LogP contribution in [0.25, 0.3) is 0 Å². The van der Waals surface area contributed by atoms with Gasteiger partial charge >= 0.3 is 0 Å². The standard InChI is InChI=1S/C13H17N3O5/c17-15(18)10-5-6-12(13(9-10)16(19)20)14-7-8-21-11-3-1-2-4-11/h5-6,9,11,14H,1-4,7-8H2. The van der Waals surface area contributed by atoms with E-state index in [1.54, 1.807) is 0 Å². The summed E-state index contributed by atoms with van der Waals surface area (Å²) >= 11 is 0. The van der Waals surface area contributed by atoms with Crippen molar-refractivity contribution in [3.63, 3.8) is 0 Å². The quantitative estimate of drug-likeness (QED) is 0.470. The minimum Gasteiger partial charge on any atom is -0.377 e. The SMILES string of the molecule is O=[N+]([O-])c1ccc(NCCOC2CCCC2)c([N+](=O)[O-])c1. The fraction of sp³-hybridized carbons (Fsp3) is 0.538. The third-order valence-electron chi connectivity index (χ3n) is 3.46. The van der Waals surface area contributed by atoms with Crippen molar-refractivity contribution < 1.29 is 14.6 Å². The van der Waals surface area contributed by atoms with Crippen molar-refractivity contribution in [3.8, 4) is 0 Å². The molecule has 0 spiro atoms. The molecule has 0 saturated heterocycles. The van der Waals surface area contributed by atoms with Crippen LogP contribution in [0.3, 0.4) is 0 Å². The third kappa shape index (κ3) is 4.12. The summed E-state index contributed by atoms with van der Waals surface area (Å²) in [5.74, 6) is 0. The molecule has 0 radical (unpaired) electrons. The topological polar surface area (TPSA) is 108 Å². The molecule has 0 aromatic heterocycles. The molecule has 1 saturated carbocycles. The van der Waals surface area contributed by atoms with Crippen LogP contribution in [0.4, 0.5) is 17.1 Å². The average molecular weight is 295 g/mol. The molecule has 0 amide bonds. The van der Waals surface area contributed by atoms with Crippen LogP contribution in [0.15, 0.2) is 18.2 Å². The lowest BCUT2D eigenvalue weighted by Gasteiger charge is -2.12. The van der Waals surface area contributed by atoms with Crippen LogP contribution in [0, 0.1) is 20.2 Å². The smallest absolute Gasteiger partial charge is 0.299 e. The van der Waals surface area contributed by atoms with Crippen molar-refractivity contribution in [2.24, 2.45) is 0 Å². The molecule has 1 fully saturated rings. The van der Waals surface area contributed by atoms with E-state index in [0.717, 1.165) is 18.9 Å². The maximum Gasteiger partial charge on any atom is 0.299 e. The molecule has 0 aliphatic heterocycles. The minimum absolute atomic E-state index is 0.264. The number of hydrogen-bond donors (Lipinski definition) is 1. The van der Waals surface area contributed by atoms with Gasteiger partial charge in [0.25, 0.3) is 11.4 Å². The Morgan fingerprint density at radius 3 is 2.52 bits per heavy atom. The van der Waals surface area contributed by atoms with Crippen molar-refractivity contribution >= 4 is 17.1 Å². The Bertz CT molecular complexity index is 529. The number of rotatable bonds is 7. The van der Waals surface area contributed by atoms with Gasteiger partial charge in [-0.2, -0.15) is 0 Å². The summed E-state index contributed by atoms with van der Waals surface area (Å²) < 4.78 is 5.65. The van der Waals surface area contributed by atoms with Gasteiger partial charge in [-0.05, 0) is 18.9 Å². The predicted molar refractivity (Wildman–Crippen MR) is 76.4 cm³/mol. The van der Waals surface area contributed by atoms with Gasteiger partial charge in [0.05, 0.1) is 28.6 Å². The molecule has 1 aromatic carbocycles. The zero-order chi connectivity index (χ0) is 15.2. The molecule has 1 aliphatic rings. The zero-order valence-corrected chi connectivity index (χ0v) is 11.5. The van der Waals surface area contributed by atoms with E-state index in [1.165, 1.54) is 25.0 Å². The van der Waals surface area contributed by atoms with E-state index >= 15 is 0 Å². The second-order valence-corrected chi connectivity index (χ2v) is 4.92. The number of nitro groups is 2. The summed E-state index contributed by atoms with van der Waals surface area (Å²) in [6.45, 7) is 0.883. The molecule has 1 aliphatic carbocycles. The van der Waals surface area contributed by atoms with Crippen LogP contribution >= 0.6 is 0 Å². The second-order valence-electron chi connectivity index (χ2n) is 4.92. The average Bonchev–Trinajstić information content (AvgIpc) is 2.96. The lowest BCUT2D eigenvalue weighted by atomic mass is 10.2. The Hall–Kier alpha value is -2.22. The monoisotopic (exact) mass is 295 g/mol. The van der Waals surface area contributed by atoms with Crippen LogP contribution in [-0.2, 0) is 4.74 Å². The first-order valence-corrected chi connectivity index (χ1v) is 6.86. The summed E-state index contributed by atoms with van der Waals surface area (Å²) in [5.41, 5.74) is -0.333. The lowest BCUT2D eigenvalue weighted by Crippen LogP contribution is -2.15. The van der Waals surface area contributed by atoms with Gasteiger partial charge in [-0.15, -0.1) is 0 Å². The highest BCUT2D eigenvalue weighted by Gasteiger charge is 2.19. The first-order valence-electron chi connectivity index (χ1n) is 6.86. The Morgan fingerprint density at radius 1 is 1.19 bits per heavy atom. The number of ether oxygens (including phenoxy) is 1. The summed E-state index contributed by atoms with van der Waals surface area (Å²) in [5, 5.41) is 24.5. The Kier molecular flexibility index (Phi) is 5.04. The van der Waals surface area contributed by atoms with Gasteiger partial charge in [0.2, 0.25) is 0 Å². The Morgan fingerprint density at radius 2 is 1.90 bits per heavy atom. The van der Waals surface area contributed by atoms with E-state index in [2.05, 4.69) is 5.32 Å². The van der Waals surface area contributed by atoms with Gasteiger partial charge < -0.3 is 10.1 Å². The van der Waals surface area contributed by atoms with Crippen molar-refractivity contribution in [1.82, 2.24) is 0 Å². The molecule has 2 rings (SSSR count). The lowest BCUT2D eigenvalue weighted by molar-refractivity contribution is -0.393. The van der Waals surface area contributed by atoms with Gasteiger partial charge in [0.1, 0.15) is 5.69 Å². The van der Waals surface area contributed by atoms with Crippen LogP contribution in [-0.4, -0.2) is 29.1 Å². The highest BCUT2D eigenvalue weighted by atomic mass is 16.6. The van der Waals surface area contributed by atoms with Gasteiger partial charge in [-0.25, -0.2) is 0 Å². The maximum absolute atomic E-state index is 11.0. The highest BCUT2D eigenvalue weighted by molar-refractivity contribution is 5.65. The first-order chi connectivity index (χ1) is 10.1. The first kappa shape index (κ1) is 15.2. The van der Waals surface area contributed by atoms with Gasteiger partial charge in [0.15, 0.2) is 0 Å². The molecule has 1 aromatic rings. The Labute approximate surface area is 121 Å². The summed E-state index contributed by atoms with van der Waals surface area (Å²) in [6.07, 6.45) is 4.80. The van der Waals surface area contributed by atoms with Crippen molar-refractivity contribution in [1.29, 1.82) is 0 Å². The van der Waals surface area contributed by atoms with E-state index in [0.29, 0.717) is 19.3 Å². The highest BCUT2D eigenvalue weighted by Crippen LogP contribution is 2.28. The number of nitrogens with zero attached hydrogens (tertiary/aromatic N) is 2. The van der Waals surface area contributed by atoms with Crippen LogP contribution in [0.1, 0.15) is 25.7 Å². The van der Waals surface area contributed by atoms with Crippen molar-refractivity contribution in [2.75, 3.05) is 18.5 Å². The number of nitrogens with one attached hydrogen (secondary N) is 1. The molecule has 8 heteroatoms. The zero-order valence-electron chi connectivity index (χ0n) is 11.5. The number of nitro benzene ring substituents is 2. The Balaban J connectivity index is 1.92. The van der Waals surface area contributed by atoms with Crippen molar-refractivity contribution in [2.45, 2.75) is 31.8 Å². The summed E-state index contributed by atoms with van der Waals surface area (Å²) in [6, 6.07) is 3.55. The number of benzene rings is 1. The summed E-state index contributed by atoms with van der Waals surface area (Å²) in [7, 11) is 0. The predicted octanol–water partition coefficient (Wildman–Crippen LogP) is 2.87. The van der Waals surface area contributed by atoms with E-state index < -0.39 is 9.85 Å². The van der Waals surface area contributed by atoms with Gasteiger partial charge in [-0.3, -0.25) is 20.2 Å². The van der Waals surface area contributed by atoms with Crippen LogP contribution < -0.4 is 5.32 Å². The molecule has 0 unspecified atom stereocenters. The molecule has 0 heterocycles. The maximum atomic E-state index is 11.0. The largest absolute Gasteiger partial charge is 0.377 e. The van der Waals surface area contributed by atoms with Crippen LogP contribution in [0.5, 0.6) is 0 Å². The molecule has 1 N–H and O–H groups in total. The third-order valence-corrected chi connectivity index (χ3v) is 3.46. The van der Waals surface area contributed by atoms with Gasteiger partial charge in [0, 0.05) is 12.6 Å². The minimum atomic E-state index is -0.653.